The van der Waals surface area contributed by atoms with E-state index in [2.05, 4.69) is 10.6 Å². The van der Waals surface area contributed by atoms with Crippen LogP contribution in [0.4, 0.5) is 0 Å². The summed E-state index contributed by atoms with van der Waals surface area (Å²) in [6.45, 7) is 2.33. The number of hydrogen-bond donors (Lipinski definition) is 3. The molecule has 2 heterocycles. The Labute approximate surface area is 189 Å². The van der Waals surface area contributed by atoms with Crippen molar-refractivity contribution in [2.24, 2.45) is 0 Å². The molecule has 172 valence electrons. The Morgan fingerprint density at radius 1 is 1.15 bits per heavy atom. The molecule has 0 aliphatic carbocycles. The standard InChI is InChI=1S/C24H25N3O6/c1-2-27-13-17(22(29)16-11-20-21(12-19(16)27)33-14-32-20)23(30)26-18(24(31)25-8-9-28)10-15-6-4-3-5-7-15/h3-7,11-13,18,28H,2,8-10,14H2,1H3,(H,25,31)(H,26,30). The van der Waals surface area contributed by atoms with E-state index in [9.17, 15) is 14.4 Å². The highest BCUT2D eigenvalue weighted by Crippen LogP contribution is 2.35. The molecular formula is C24H25N3O6. The summed E-state index contributed by atoms with van der Waals surface area (Å²) in [6.07, 6.45) is 1.73. The summed E-state index contributed by atoms with van der Waals surface area (Å²) in [6, 6.07) is 11.6. The van der Waals surface area contributed by atoms with E-state index in [-0.39, 0.29) is 31.9 Å². The Kier molecular flexibility index (Phi) is 6.60. The number of carbonyl (C=O) groups excluding carboxylic acids is 2. The quantitative estimate of drug-likeness (QED) is 0.474. The molecule has 1 aliphatic rings. The number of fused-ring (bicyclic) bond motifs is 2. The van der Waals surface area contributed by atoms with Crippen molar-refractivity contribution in [3.8, 4) is 11.5 Å². The van der Waals surface area contributed by atoms with Gasteiger partial charge in [0, 0.05) is 31.8 Å². The van der Waals surface area contributed by atoms with E-state index in [0.717, 1.165) is 5.56 Å². The number of aliphatic hydroxyl groups is 1. The number of aliphatic hydroxyl groups excluding tert-OH is 1. The lowest BCUT2D eigenvalue weighted by atomic mass is 10.0. The number of amides is 2. The van der Waals surface area contributed by atoms with Gasteiger partial charge >= 0.3 is 0 Å². The number of rotatable bonds is 8. The second kappa shape index (κ2) is 9.74. The lowest BCUT2D eigenvalue weighted by Gasteiger charge is -2.19. The number of ether oxygens (including phenoxy) is 2. The van der Waals surface area contributed by atoms with Crippen LogP contribution in [0.3, 0.4) is 0 Å². The van der Waals surface area contributed by atoms with Gasteiger partial charge in [0.05, 0.1) is 17.5 Å². The monoisotopic (exact) mass is 451 g/mol. The summed E-state index contributed by atoms with van der Waals surface area (Å²) < 4.78 is 12.6. The van der Waals surface area contributed by atoms with Gasteiger partial charge in [0.2, 0.25) is 18.1 Å². The second-order valence-electron chi connectivity index (χ2n) is 7.61. The molecule has 9 nitrogen and oxygen atoms in total. The van der Waals surface area contributed by atoms with Crippen molar-refractivity contribution in [3.63, 3.8) is 0 Å². The highest BCUT2D eigenvalue weighted by molar-refractivity contribution is 6.00. The molecule has 0 saturated heterocycles. The Hall–Kier alpha value is -3.85. The maximum absolute atomic E-state index is 13.2. The molecule has 0 radical (unpaired) electrons. The minimum absolute atomic E-state index is 0.0613. The van der Waals surface area contributed by atoms with Gasteiger partial charge in [-0.2, -0.15) is 0 Å². The molecule has 9 heteroatoms. The van der Waals surface area contributed by atoms with Crippen molar-refractivity contribution in [3.05, 3.63) is 70.0 Å². The third-order valence-electron chi connectivity index (χ3n) is 5.48. The van der Waals surface area contributed by atoms with Crippen molar-refractivity contribution in [1.82, 2.24) is 15.2 Å². The largest absolute Gasteiger partial charge is 0.454 e. The molecule has 1 aliphatic heterocycles. The molecule has 33 heavy (non-hydrogen) atoms. The molecule has 1 unspecified atom stereocenters. The van der Waals surface area contributed by atoms with Gasteiger partial charge < -0.3 is 29.8 Å². The predicted molar refractivity (Wildman–Crippen MR) is 122 cm³/mol. The minimum atomic E-state index is -0.923. The van der Waals surface area contributed by atoms with E-state index in [1.165, 1.54) is 6.20 Å². The highest BCUT2D eigenvalue weighted by Gasteiger charge is 2.25. The van der Waals surface area contributed by atoms with Crippen molar-refractivity contribution in [1.29, 1.82) is 0 Å². The predicted octanol–water partition coefficient (Wildman–Crippen LogP) is 1.20. The fourth-order valence-corrected chi connectivity index (χ4v) is 3.80. The zero-order valence-corrected chi connectivity index (χ0v) is 18.2. The Morgan fingerprint density at radius 3 is 2.58 bits per heavy atom. The molecular weight excluding hydrogens is 426 g/mol. The first-order valence-corrected chi connectivity index (χ1v) is 10.7. The maximum atomic E-state index is 13.2. The van der Waals surface area contributed by atoms with Gasteiger partial charge in [0.25, 0.3) is 5.91 Å². The van der Waals surface area contributed by atoms with Crippen molar-refractivity contribution in [2.45, 2.75) is 25.9 Å². The SMILES string of the molecule is CCn1cc(C(=O)NC(Cc2ccccc2)C(=O)NCCO)c(=O)c2cc3c(cc21)OCO3. The average molecular weight is 451 g/mol. The van der Waals surface area contributed by atoms with Crippen LogP contribution < -0.4 is 25.5 Å². The van der Waals surface area contributed by atoms with E-state index >= 15 is 0 Å². The first kappa shape index (κ1) is 22.3. The van der Waals surface area contributed by atoms with Crippen LogP contribution in [-0.2, 0) is 17.8 Å². The number of pyridine rings is 1. The Bertz CT molecular complexity index is 1240. The maximum Gasteiger partial charge on any atom is 0.257 e. The van der Waals surface area contributed by atoms with E-state index in [4.69, 9.17) is 14.6 Å². The fourth-order valence-electron chi connectivity index (χ4n) is 3.80. The summed E-state index contributed by atoms with van der Waals surface area (Å²) >= 11 is 0. The Morgan fingerprint density at radius 2 is 1.88 bits per heavy atom. The van der Waals surface area contributed by atoms with Crippen LogP contribution in [0.5, 0.6) is 11.5 Å². The Balaban J connectivity index is 1.68. The molecule has 1 atom stereocenters. The molecule has 0 spiro atoms. The summed E-state index contributed by atoms with van der Waals surface area (Å²) in [5.41, 5.74) is 0.944. The van der Waals surface area contributed by atoms with Gasteiger partial charge in [-0.25, -0.2) is 0 Å². The number of aryl methyl sites for hydroxylation is 1. The molecule has 0 fully saturated rings. The van der Waals surface area contributed by atoms with Crippen LogP contribution >= 0.6 is 0 Å². The number of nitrogens with zero attached hydrogens (tertiary/aromatic N) is 1. The van der Waals surface area contributed by atoms with Crippen LogP contribution in [0.15, 0.2) is 53.5 Å². The topological polar surface area (TPSA) is 119 Å². The molecule has 2 amide bonds. The third-order valence-corrected chi connectivity index (χ3v) is 5.48. The number of aromatic nitrogens is 1. The summed E-state index contributed by atoms with van der Waals surface area (Å²) in [7, 11) is 0. The van der Waals surface area contributed by atoms with E-state index in [1.54, 1.807) is 16.7 Å². The van der Waals surface area contributed by atoms with Crippen LogP contribution in [-0.4, -0.2) is 47.5 Å². The molecule has 1 aromatic heterocycles. The van der Waals surface area contributed by atoms with Gasteiger partial charge in [0.15, 0.2) is 11.5 Å². The minimum Gasteiger partial charge on any atom is -0.454 e. The third kappa shape index (κ3) is 4.68. The van der Waals surface area contributed by atoms with Crippen LogP contribution in [0.1, 0.15) is 22.8 Å². The van der Waals surface area contributed by atoms with Crippen LogP contribution in [0, 0.1) is 0 Å². The molecule has 3 N–H and O–H groups in total. The van der Waals surface area contributed by atoms with Crippen LogP contribution in [0.25, 0.3) is 10.9 Å². The van der Waals surface area contributed by atoms with Crippen LogP contribution in [0.2, 0.25) is 0 Å². The highest BCUT2D eigenvalue weighted by atomic mass is 16.7. The smallest absolute Gasteiger partial charge is 0.257 e. The van der Waals surface area contributed by atoms with E-state index in [0.29, 0.717) is 28.9 Å². The molecule has 0 saturated carbocycles. The van der Waals surface area contributed by atoms with Gasteiger partial charge in [0.1, 0.15) is 11.6 Å². The first-order valence-electron chi connectivity index (χ1n) is 10.7. The van der Waals surface area contributed by atoms with Crippen molar-refractivity contribution < 1.29 is 24.2 Å². The van der Waals surface area contributed by atoms with Gasteiger partial charge in [-0.15, -0.1) is 0 Å². The summed E-state index contributed by atoms with van der Waals surface area (Å²) in [5.74, 6) is -0.0991. The average Bonchev–Trinajstić information content (AvgIpc) is 3.29. The first-order chi connectivity index (χ1) is 16.0. The fraction of sp³-hybridized carbons (Fsp3) is 0.292. The zero-order chi connectivity index (χ0) is 23.4. The van der Waals surface area contributed by atoms with Gasteiger partial charge in [-0.3, -0.25) is 14.4 Å². The second-order valence-corrected chi connectivity index (χ2v) is 7.61. The number of hydrogen-bond acceptors (Lipinski definition) is 6. The summed E-state index contributed by atoms with van der Waals surface area (Å²) in [4.78, 5) is 39.1. The number of nitrogens with one attached hydrogen (secondary N) is 2. The van der Waals surface area contributed by atoms with Crippen molar-refractivity contribution >= 4 is 22.7 Å². The number of benzene rings is 2. The molecule has 0 bridgehead atoms. The van der Waals surface area contributed by atoms with Crippen molar-refractivity contribution in [2.75, 3.05) is 19.9 Å². The zero-order valence-electron chi connectivity index (χ0n) is 18.2. The molecule has 2 aromatic carbocycles. The van der Waals surface area contributed by atoms with Gasteiger partial charge in [-0.1, -0.05) is 30.3 Å². The molecule has 4 rings (SSSR count). The molecule has 3 aromatic rings. The lowest BCUT2D eigenvalue weighted by molar-refractivity contribution is -0.123. The summed E-state index contributed by atoms with van der Waals surface area (Å²) in [5, 5.41) is 14.7. The normalized spacial score (nSPS) is 13.0. The van der Waals surface area contributed by atoms with E-state index < -0.39 is 23.3 Å². The van der Waals surface area contributed by atoms with E-state index in [1.807, 2.05) is 37.3 Å². The van der Waals surface area contributed by atoms with Gasteiger partial charge in [-0.05, 0) is 18.6 Å². The number of carbonyl (C=O) groups is 2. The lowest BCUT2D eigenvalue weighted by Crippen LogP contribution is -2.49.